The number of carbonyl (C=O) groups excluding carboxylic acids is 1. The van der Waals surface area contributed by atoms with Gasteiger partial charge in [0.2, 0.25) is 5.91 Å². The fraction of sp³-hybridized carbons (Fsp3) is 0.167. The summed E-state index contributed by atoms with van der Waals surface area (Å²) in [6, 6.07) is 16.0. The Morgan fingerprint density at radius 3 is 2.71 bits per heavy atom. The van der Waals surface area contributed by atoms with Crippen molar-refractivity contribution in [3.8, 4) is 0 Å². The predicted octanol–water partition coefficient (Wildman–Crippen LogP) is 3.35. The smallest absolute Gasteiger partial charge is 0.248 e. The number of benzene rings is 2. The van der Waals surface area contributed by atoms with E-state index < -0.39 is 0 Å². The van der Waals surface area contributed by atoms with Gasteiger partial charge in [-0.1, -0.05) is 37.3 Å². The molecule has 0 aliphatic carbocycles. The van der Waals surface area contributed by atoms with Crippen LogP contribution in [0.2, 0.25) is 0 Å². The monoisotopic (exact) mass is 278 g/mol. The van der Waals surface area contributed by atoms with Crippen molar-refractivity contribution in [3.63, 3.8) is 0 Å². The zero-order valence-electron chi connectivity index (χ0n) is 12.0. The van der Waals surface area contributed by atoms with Crippen molar-refractivity contribution in [2.24, 2.45) is 5.73 Å². The van der Waals surface area contributed by atoms with Gasteiger partial charge < -0.3 is 10.3 Å². The number of hydrogen-bond donors (Lipinski definition) is 1. The van der Waals surface area contributed by atoms with Crippen LogP contribution < -0.4 is 5.73 Å². The number of rotatable bonds is 4. The van der Waals surface area contributed by atoms with Gasteiger partial charge in [-0.15, -0.1) is 0 Å². The summed E-state index contributed by atoms with van der Waals surface area (Å²) in [5, 5.41) is 1.25. The molecule has 0 bridgehead atoms. The van der Waals surface area contributed by atoms with E-state index in [-0.39, 0.29) is 5.91 Å². The third kappa shape index (κ3) is 2.55. The lowest BCUT2D eigenvalue weighted by Gasteiger charge is -2.09. The fourth-order valence-corrected chi connectivity index (χ4v) is 2.78. The first kappa shape index (κ1) is 13.4. The highest BCUT2D eigenvalue weighted by molar-refractivity contribution is 5.92. The number of hydrogen-bond acceptors (Lipinski definition) is 1. The molecule has 0 atom stereocenters. The van der Waals surface area contributed by atoms with Crippen molar-refractivity contribution in [3.05, 3.63) is 71.4 Å². The van der Waals surface area contributed by atoms with Gasteiger partial charge in [0.15, 0.2) is 0 Å². The minimum absolute atomic E-state index is 0.386. The molecule has 0 spiro atoms. The number of primary amides is 1. The van der Waals surface area contributed by atoms with Gasteiger partial charge in [-0.2, -0.15) is 0 Å². The maximum absolute atomic E-state index is 11.3. The summed E-state index contributed by atoms with van der Waals surface area (Å²) in [6.45, 7) is 2.90. The van der Waals surface area contributed by atoms with Crippen LogP contribution in [0, 0.1) is 0 Å². The Kier molecular flexibility index (Phi) is 3.48. The van der Waals surface area contributed by atoms with Crippen molar-refractivity contribution >= 4 is 16.8 Å². The van der Waals surface area contributed by atoms with Crippen molar-refractivity contribution < 1.29 is 4.79 Å². The Balaban J connectivity index is 2.02. The number of nitrogens with zero attached hydrogens (tertiary/aromatic N) is 1. The van der Waals surface area contributed by atoms with Crippen LogP contribution in [0.5, 0.6) is 0 Å². The molecule has 1 amide bonds. The summed E-state index contributed by atoms with van der Waals surface area (Å²) in [6.07, 6.45) is 3.10. The number of aryl methyl sites for hydroxylation is 1. The van der Waals surface area contributed by atoms with E-state index >= 15 is 0 Å². The van der Waals surface area contributed by atoms with Crippen LogP contribution in [-0.4, -0.2) is 10.5 Å². The molecule has 0 saturated heterocycles. The van der Waals surface area contributed by atoms with E-state index in [9.17, 15) is 4.79 Å². The lowest BCUT2D eigenvalue weighted by molar-refractivity contribution is 0.1000. The Morgan fingerprint density at radius 1 is 1.14 bits per heavy atom. The molecular weight excluding hydrogens is 260 g/mol. The third-order valence-electron chi connectivity index (χ3n) is 3.82. The highest BCUT2D eigenvalue weighted by Gasteiger charge is 2.07. The number of nitrogens with two attached hydrogens (primary N) is 1. The van der Waals surface area contributed by atoms with Gasteiger partial charge in [0.25, 0.3) is 0 Å². The maximum atomic E-state index is 11.3. The van der Waals surface area contributed by atoms with E-state index in [4.69, 9.17) is 5.73 Å². The maximum Gasteiger partial charge on any atom is 0.248 e. The summed E-state index contributed by atoms with van der Waals surface area (Å²) >= 11 is 0. The first-order chi connectivity index (χ1) is 10.2. The molecule has 2 aromatic carbocycles. The van der Waals surface area contributed by atoms with Gasteiger partial charge in [-0.25, -0.2) is 0 Å². The Hall–Kier alpha value is -2.55. The third-order valence-corrected chi connectivity index (χ3v) is 3.82. The zero-order valence-corrected chi connectivity index (χ0v) is 12.0. The van der Waals surface area contributed by atoms with E-state index in [0.717, 1.165) is 18.5 Å². The largest absolute Gasteiger partial charge is 0.366 e. The molecule has 0 saturated carbocycles. The van der Waals surface area contributed by atoms with Crippen molar-refractivity contribution in [2.45, 2.75) is 19.9 Å². The topological polar surface area (TPSA) is 48.0 Å². The number of para-hydroxylation sites is 1. The van der Waals surface area contributed by atoms with E-state index in [1.807, 2.05) is 18.2 Å². The Labute approximate surface area is 124 Å². The number of amides is 1. The SMILES string of the molecule is CCc1cccc2ccn(Cc3cccc(C(N)=O)c3)c12. The second-order valence-corrected chi connectivity index (χ2v) is 5.22. The highest BCUT2D eigenvalue weighted by Crippen LogP contribution is 2.22. The minimum atomic E-state index is -0.386. The molecule has 0 aliphatic rings. The van der Waals surface area contributed by atoms with Gasteiger partial charge in [0.05, 0.1) is 5.52 Å². The number of aromatic nitrogens is 1. The fourth-order valence-electron chi connectivity index (χ4n) is 2.78. The predicted molar refractivity (Wildman–Crippen MR) is 85.4 cm³/mol. The molecule has 3 rings (SSSR count). The normalized spacial score (nSPS) is 10.9. The van der Waals surface area contributed by atoms with Gasteiger partial charge >= 0.3 is 0 Å². The molecule has 3 aromatic rings. The average Bonchev–Trinajstić information content (AvgIpc) is 2.91. The average molecular weight is 278 g/mol. The summed E-state index contributed by atoms with van der Waals surface area (Å²) in [4.78, 5) is 11.3. The molecule has 3 heteroatoms. The zero-order chi connectivity index (χ0) is 14.8. The molecule has 0 aliphatic heterocycles. The summed E-state index contributed by atoms with van der Waals surface area (Å²) in [5.41, 5.74) is 9.58. The quantitative estimate of drug-likeness (QED) is 0.781. The van der Waals surface area contributed by atoms with Crippen LogP contribution in [0.15, 0.2) is 54.7 Å². The van der Waals surface area contributed by atoms with Gasteiger partial charge in [0.1, 0.15) is 0 Å². The highest BCUT2D eigenvalue weighted by atomic mass is 16.1. The summed E-state index contributed by atoms with van der Waals surface area (Å²) in [7, 11) is 0. The molecule has 1 heterocycles. The van der Waals surface area contributed by atoms with Gasteiger partial charge in [-0.05, 0) is 41.1 Å². The molecule has 0 radical (unpaired) electrons. The van der Waals surface area contributed by atoms with E-state index in [0.29, 0.717) is 5.56 Å². The standard InChI is InChI=1S/C18H18N2O/c1-2-14-6-4-7-15-9-10-20(17(14)15)12-13-5-3-8-16(11-13)18(19)21/h3-11H,2,12H2,1H3,(H2,19,21). The molecule has 2 N–H and O–H groups in total. The second-order valence-electron chi connectivity index (χ2n) is 5.22. The van der Waals surface area contributed by atoms with Crippen molar-refractivity contribution in [1.82, 2.24) is 4.57 Å². The van der Waals surface area contributed by atoms with Crippen molar-refractivity contribution in [1.29, 1.82) is 0 Å². The van der Waals surface area contributed by atoms with Gasteiger partial charge in [0, 0.05) is 18.3 Å². The summed E-state index contributed by atoms with van der Waals surface area (Å²) in [5.74, 6) is -0.386. The molecule has 0 unspecified atom stereocenters. The minimum Gasteiger partial charge on any atom is -0.366 e. The molecular formula is C18H18N2O. The van der Waals surface area contributed by atoms with Gasteiger partial charge in [-0.3, -0.25) is 4.79 Å². The number of fused-ring (bicyclic) bond motifs is 1. The van der Waals surface area contributed by atoms with Crippen LogP contribution in [0.3, 0.4) is 0 Å². The summed E-state index contributed by atoms with van der Waals surface area (Å²) < 4.78 is 2.23. The Bertz CT molecular complexity index is 802. The van der Waals surface area contributed by atoms with E-state index in [1.54, 1.807) is 6.07 Å². The second kappa shape index (κ2) is 5.44. The van der Waals surface area contributed by atoms with E-state index in [1.165, 1.54) is 16.5 Å². The molecule has 1 aromatic heterocycles. The van der Waals surface area contributed by atoms with Crippen LogP contribution in [0.1, 0.15) is 28.4 Å². The number of carbonyl (C=O) groups is 1. The lowest BCUT2D eigenvalue weighted by Crippen LogP contribution is -2.11. The van der Waals surface area contributed by atoms with Crippen LogP contribution >= 0.6 is 0 Å². The van der Waals surface area contributed by atoms with Crippen LogP contribution in [-0.2, 0) is 13.0 Å². The van der Waals surface area contributed by atoms with E-state index in [2.05, 4.69) is 42.0 Å². The van der Waals surface area contributed by atoms with Crippen molar-refractivity contribution in [2.75, 3.05) is 0 Å². The van der Waals surface area contributed by atoms with Crippen LogP contribution in [0.4, 0.5) is 0 Å². The molecule has 21 heavy (non-hydrogen) atoms. The molecule has 0 fully saturated rings. The first-order valence-corrected chi connectivity index (χ1v) is 7.14. The molecule has 3 nitrogen and oxygen atoms in total. The first-order valence-electron chi connectivity index (χ1n) is 7.14. The lowest BCUT2D eigenvalue weighted by atomic mass is 10.1. The van der Waals surface area contributed by atoms with Crippen LogP contribution in [0.25, 0.3) is 10.9 Å². The molecule has 106 valence electrons. The Morgan fingerprint density at radius 2 is 1.95 bits per heavy atom.